The van der Waals surface area contributed by atoms with Gasteiger partial charge in [-0.1, -0.05) is 0 Å². The molecule has 7 heteroatoms. The van der Waals surface area contributed by atoms with Gasteiger partial charge in [0.2, 0.25) is 0 Å². The van der Waals surface area contributed by atoms with E-state index in [4.69, 9.17) is 9.47 Å². The lowest BCUT2D eigenvalue weighted by Crippen LogP contribution is -2.29. The Morgan fingerprint density at radius 3 is 2.83 bits per heavy atom. The summed E-state index contributed by atoms with van der Waals surface area (Å²) in [6.07, 6.45) is 3.57. The van der Waals surface area contributed by atoms with Crippen molar-refractivity contribution >= 4 is 11.5 Å². The number of rotatable bonds is 5. The molecule has 0 saturated carbocycles. The normalized spacial score (nSPS) is 16.9. The summed E-state index contributed by atoms with van der Waals surface area (Å²) in [4.78, 5) is 16.1. The summed E-state index contributed by atoms with van der Waals surface area (Å²) in [6.45, 7) is 0.751. The van der Waals surface area contributed by atoms with E-state index in [9.17, 15) is 10.1 Å². The summed E-state index contributed by atoms with van der Waals surface area (Å²) < 4.78 is 10.8. The van der Waals surface area contributed by atoms with E-state index in [-0.39, 0.29) is 16.7 Å². The second kappa shape index (κ2) is 6.74. The van der Waals surface area contributed by atoms with Crippen molar-refractivity contribution < 1.29 is 19.4 Å². The van der Waals surface area contributed by atoms with Crippen LogP contribution in [0.4, 0.5) is 11.5 Å². The molecule has 0 spiro atoms. The van der Waals surface area contributed by atoms with E-state index in [2.05, 4.69) is 4.98 Å². The van der Waals surface area contributed by atoms with Crippen LogP contribution in [0.2, 0.25) is 0 Å². The Bertz CT molecular complexity index is 750. The Morgan fingerprint density at radius 1 is 1.29 bits per heavy atom. The minimum absolute atomic E-state index is 0.0169. The lowest BCUT2D eigenvalue weighted by Gasteiger charge is -2.21. The number of nitro groups is 1. The van der Waals surface area contributed by atoms with Crippen molar-refractivity contribution in [2.45, 2.75) is 18.9 Å². The maximum atomic E-state index is 11.3. The molecular weight excluding hydrogens is 310 g/mol. The van der Waals surface area contributed by atoms with Crippen LogP contribution in [0.25, 0.3) is 0 Å². The second-order valence-electron chi connectivity index (χ2n) is 5.62. The van der Waals surface area contributed by atoms with Gasteiger partial charge >= 0.3 is 11.5 Å². The molecule has 1 N–H and O–H groups in total. The summed E-state index contributed by atoms with van der Waals surface area (Å²) in [7, 11) is 3.23. The maximum absolute atomic E-state index is 11.3. The summed E-state index contributed by atoms with van der Waals surface area (Å²) in [5.74, 6) is 1.98. The number of H-pyrrole nitrogens is 1. The number of benzene rings is 1. The highest BCUT2D eigenvalue weighted by Crippen LogP contribution is 2.41. The van der Waals surface area contributed by atoms with Crippen LogP contribution in [0, 0.1) is 10.1 Å². The van der Waals surface area contributed by atoms with Crippen LogP contribution < -0.4 is 19.4 Å². The van der Waals surface area contributed by atoms with Gasteiger partial charge in [-0.05, 0) is 31.0 Å². The third kappa shape index (κ3) is 2.84. The highest BCUT2D eigenvalue weighted by molar-refractivity contribution is 5.57. The van der Waals surface area contributed by atoms with Crippen molar-refractivity contribution in [3.8, 4) is 11.5 Å². The van der Waals surface area contributed by atoms with Crippen LogP contribution in [0.15, 0.2) is 36.5 Å². The van der Waals surface area contributed by atoms with Crippen LogP contribution in [-0.2, 0) is 0 Å². The number of hydrogen-bond acceptors (Lipinski definition) is 5. The quantitative estimate of drug-likeness (QED) is 0.622. The molecule has 2 heterocycles. The molecule has 0 bridgehead atoms. The zero-order valence-electron chi connectivity index (χ0n) is 13.7. The molecule has 0 unspecified atom stereocenters. The predicted molar refractivity (Wildman–Crippen MR) is 88.5 cm³/mol. The summed E-state index contributed by atoms with van der Waals surface area (Å²) >= 11 is 0. The summed E-state index contributed by atoms with van der Waals surface area (Å²) in [6, 6.07) is 8.87. The molecular formula is C17H20N3O4+. The van der Waals surface area contributed by atoms with Crippen molar-refractivity contribution in [1.29, 1.82) is 0 Å². The Kier molecular flexibility index (Phi) is 4.50. The minimum atomic E-state index is -0.355. The van der Waals surface area contributed by atoms with Crippen LogP contribution >= 0.6 is 0 Å². The molecule has 1 atom stereocenters. The average Bonchev–Trinajstić information content (AvgIpc) is 3.10. The Balaban J connectivity index is 2.02. The van der Waals surface area contributed by atoms with Gasteiger partial charge in [0.25, 0.3) is 0 Å². The van der Waals surface area contributed by atoms with Gasteiger partial charge in [-0.15, -0.1) is 0 Å². The van der Waals surface area contributed by atoms with Crippen molar-refractivity contribution in [1.82, 2.24) is 0 Å². The van der Waals surface area contributed by atoms with Gasteiger partial charge in [-0.2, -0.15) is 0 Å². The molecule has 1 saturated heterocycles. The van der Waals surface area contributed by atoms with Gasteiger partial charge in [0.05, 0.1) is 31.9 Å². The fourth-order valence-electron chi connectivity index (χ4n) is 3.25. The lowest BCUT2D eigenvalue weighted by atomic mass is 10.0. The molecule has 1 aromatic carbocycles. The summed E-state index contributed by atoms with van der Waals surface area (Å²) in [5, 5.41) is 11.3. The minimum Gasteiger partial charge on any atom is -0.497 e. The molecule has 1 aliphatic rings. The Morgan fingerprint density at radius 2 is 2.12 bits per heavy atom. The van der Waals surface area contributed by atoms with E-state index >= 15 is 0 Å². The first-order valence-electron chi connectivity index (χ1n) is 7.79. The maximum Gasteiger partial charge on any atom is 0.357 e. The highest BCUT2D eigenvalue weighted by Gasteiger charge is 2.39. The van der Waals surface area contributed by atoms with Gasteiger partial charge in [-0.25, -0.2) is 9.88 Å². The Hall–Kier alpha value is -2.83. The molecule has 1 aromatic heterocycles. The summed E-state index contributed by atoms with van der Waals surface area (Å²) in [5.41, 5.74) is 1.08. The first-order valence-corrected chi connectivity index (χ1v) is 7.79. The van der Waals surface area contributed by atoms with Gasteiger partial charge in [0.1, 0.15) is 17.5 Å². The number of methoxy groups -OCH3 is 2. The third-order valence-electron chi connectivity index (χ3n) is 4.35. The van der Waals surface area contributed by atoms with E-state index in [0.29, 0.717) is 5.82 Å². The molecule has 7 nitrogen and oxygen atoms in total. The van der Waals surface area contributed by atoms with E-state index in [1.807, 2.05) is 23.1 Å². The van der Waals surface area contributed by atoms with Gasteiger partial charge < -0.3 is 9.47 Å². The van der Waals surface area contributed by atoms with Crippen LogP contribution in [-0.4, -0.2) is 25.7 Å². The largest absolute Gasteiger partial charge is 0.497 e. The predicted octanol–water partition coefficient (Wildman–Crippen LogP) is 2.77. The van der Waals surface area contributed by atoms with Crippen molar-refractivity contribution in [3.63, 3.8) is 0 Å². The average molecular weight is 330 g/mol. The smallest absolute Gasteiger partial charge is 0.357 e. The molecule has 0 amide bonds. The number of pyridine rings is 1. The first kappa shape index (κ1) is 16.0. The zero-order valence-corrected chi connectivity index (χ0v) is 13.7. The van der Waals surface area contributed by atoms with Crippen molar-refractivity contribution in [3.05, 3.63) is 52.2 Å². The molecule has 2 aromatic rings. The first-order chi connectivity index (χ1) is 11.7. The molecule has 1 aliphatic heterocycles. The molecule has 3 rings (SSSR count). The SMILES string of the molecule is COc1ccc([C@@H]2CCCN2c2[nH+]cccc2[N+](=O)[O-])c(OC)c1. The molecule has 24 heavy (non-hydrogen) atoms. The molecule has 0 radical (unpaired) electrons. The number of hydrogen-bond donors (Lipinski definition) is 0. The third-order valence-corrected chi connectivity index (χ3v) is 4.35. The topological polar surface area (TPSA) is 79.0 Å². The standard InChI is InChI=1S/C17H19N3O4/c1-23-12-7-8-13(16(11-12)24-2)14-6-4-10-19(14)17-15(20(21)22)5-3-9-18-17/h3,5,7-9,11,14H,4,6,10H2,1-2H3/p+1/t14-/m0/s1. The number of aromatic amines is 1. The number of nitrogens with zero attached hydrogens (tertiary/aromatic N) is 2. The fourth-order valence-corrected chi connectivity index (χ4v) is 3.25. The van der Waals surface area contributed by atoms with Gasteiger partial charge in [0.15, 0.2) is 0 Å². The number of ether oxygens (including phenoxy) is 2. The number of nitrogens with one attached hydrogen (secondary N) is 1. The monoisotopic (exact) mass is 330 g/mol. The number of anilines is 1. The van der Waals surface area contributed by atoms with Crippen LogP contribution in [0.5, 0.6) is 11.5 Å². The second-order valence-corrected chi connectivity index (χ2v) is 5.62. The fraction of sp³-hybridized carbons (Fsp3) is 0.353. The molecule has 1 fully saturated rings. The van der Waals surface area contributed by atoms with Crippen LogP contribution in [0.3, 0.4) is 0 Å². The highest BCUT2D eigenvalue weighted by atomic mass is 16.6. The zero-order chi connectivity index (χ0) is 17.1. The van der Waals surface area contributed by atoms with Gasteiger partial charge in [0, 0.05) is 17.7 Å². The van der Waals surface area contributed by atoms with Gasteiger partial charge in [-0.3, -0.25) is 10.1 Å². The lowest BCUT2D eigenvalue weighted by molar-refractivity contribution is -0.411. The van der Waals surface area contributed by atoms with Crippen molar-refractivity contribution in [2.75, 3.05) is 25.7 Å². The number of aromatic nitrogens is 1. The van der Waals surface area contributed by atoms with E-state index < -0.39 is 0 Å². The van der Waals surface area contributed by atoms with Crippen LogP contribution in [0.1, 0.15) is 24.4 Å². The van der Waals surface area contributed by atoms with Crippen molar-refractivity contribution in [2.24, 2.45) is 0 Å². The Labute approximate surface area is 140 Å². The van der Waals surface area contributed by atoms with E-state index in [1.54, 1.807) is 26.5 Å². The molecule has 0 aliphatic carbocycles. The van der Waals surface area contributed by atoms with E-state index in [1.165, 1.54) is 6.07 Å². The molecule has 126 valence electrons. The van der Waals surface area contributed by atoms with E-state index in [0.717, 1.165) is 36.4 Å².